The van der Waals surface area contributed by atoms with Crippen LogP contribution < -0.4 is 19.7 Å². The standard InChI is InChI=1S/C35H51FN8O4S/c1-23(2)44(24(3)4)34(45)30-13-26(36)5-6-31(30)48-32-16-37-22-39-33(32)42-12-9-25(18-42)17-41-20-35(21-41)10-7-27(8-11-35)40-49(46,47)43-19-28-14-29(43)15-38-28/h5-6,13,16,22-25,27-29,38,40H,7-12,14-15,17-21H2,1-4H3/t25-,28-,29-/m0/s1. The van der Waals surface area contributed by atoms with Gasteiger partial charge in [-0.15, -0.1) is 0 Å². The number of amides is 1. The Bertz CT molecular complexity index is 1620. The summed E-state index contributed by atoms with van der Waals surface area (Å²) in [6.07, 6.45) is 8.98. The number of nitrogens with one attached hydrogen (secondary N) is 2. The van der Waals surface area contributed by atoms with Gasteiger partial charge in [-0.2, -0.15) is 17.4 Å². The molecule has 2 bridgehead atoms. The van der Waals surface area contributed by atoms with E-state index in [4.69, 9.17) is 4.74 Å². The molecule has 2 N–H and O–H groups in total. The zero-order chi connectivity index (χ0) is 34.5. The van der Waals surface area contributed by atoms with Crippen molar-refractivity contribution < 1.29 is 22.3 Å². The van der Waals surface area contributed by atoms with Crippen LogP contribution in [0.15, 0.2) is 30.7 Å². The van der Waals surface area contributed by atoms with Crippen LogP contribution in [-0.4, -0.2) is 114 Å². The van der Waals surface area contributed by atoms with Gasteiger partial charge in [-0.25, -0.2) is 14.4 Å². The second kappa shape index (κ2) is 13.7. The molecule has 1 aromatic carbocycles. The van der Waals surface area contributed by atoms with E-state index in [9.17, 15) is 17.6 Å². The Morgan fingerprint density at radius 1 is 1.12 bits per heavy atom. The summed E-state index contributed by atoms with van der Waals surface area (Å²) in [5.41, 5.74) is 0.473. The third kappa shape index (κ3) is 7.17. The summed E-state index contributed by atoms with van der Waals surface area (Å²) >= 11 is 0. The average Bonchev–Trinajstić information content (AvgIpc) is 3.80. The van der Waals surface area contributed by atoms with Gasteiger partial charge in [-0.3, -0.25) is 4.79 Å². The average molecular weight is 699 g/mol. The fourth-order valence-corrected chi connectivity index (χ4v) is 10.8. The van der Waals surface area contributed by atoms with E-state index in [0.29, 0.717) is 35.5 Å². The molecule has 1 amide bonds. The van der Waals surface area contributed by atoms with Crippen molar-refractivity contribution in [3.8, 4) is 11.5 Å². The van der Waals surface area contributed by atoms with Crippen molar-refractivity contribution in [1.82, 2.24) is 34.1 Å². The third-order valence-corrected chi connectivity index (χ3v) is 13.0. The monoisotopic (exact) mass is 698 g/mol. The number of hydrogen-bond donors (Lipinski definition) is 2. The van der Waals surface area contributed by atoms with Gasteiger partial charge in [0.25, 0.3) is 16.1 Å². The number of likely N-dealkylation sites (tertiary alicyclic amines) is 1. The first-order valence-electron chi connectivity index (χ1n) is 18.0. The molecule has 49 heavy (non-hydrogen) atoms. The molecule has 1 aromatic heterocycles. The van der Waals surface area contributed by atoms with E-state index in [0.717, 1.165) is 77.8 Å². The molecule has 1 spiro atoms. The Balaban J connectivity index is 0.921. The van der Waals surface area contributed by atoms with E-state index in [1.54, 1.807) is 15.4 Å². The first-order valence-corrected chi connectivity index (χ1v) is 19.4. The van der Waals surface area contributed by atoms with Crippen LogP contribution in [0.25, 0.3) is 0 Å². The highest BCUT2D eigenvalue weighted by Gasteiger charge is 2.48. The lowest BCUT2D eigenvalue weighted by Crippen LogP contribution is -2.60. The van der Waals surface area contributed by atoms with Crippen LogP contribution in [-0.2, 0) is 10.2 Å². The smallest absolute Gasteiger partial charge is 0.280 e. The Hall–Kier alpha value is -2.91. The van der Waals surface area contributed by atoms with Gasteiger partial charge in [-0.1, -0.05) is 0 Å². The Kier molecular flexibility index (Phi) is 9.63. The maximum atomic E-state index is 14.4. The van der Waals surface area contributed by atoms with Crippen molar-refractivity contribution in [3.05, 3.63) is 42.1 Å². The summed E-state index contributed by atoms with van der Waals surface area (Å²) in [5, 5.41) is 3.38. The maximum absolute atomic E-state index is 14.4. The van der Waals surface area contributed by atoms with Gasteiger partial charge in [0.1, 0.15) is 17.9 Å². The number of anilines is 1. The van der Waals surface area contributed by atoms with E-state index in [1.165, 1.54) is 24.5 Å². The number of aromatic nitrogens is 2. The molecule has 1 saturated carbocycles. The minimum absolute atomic E-state index is 0.0258. The minimum Gasteiger partial charge on any atom is -0.451 e. The lowest BCUT2D eigenvalue weighted by Gasteiger charge is -2.54. The number of hydrogen-bond acceptors (Lipinski definition) is 9. The molecular weight excluding hydrogens is 648 g/mol. The van der Waals surface area contributed by atoms with Crippen molar-refractivity contribution in [1.29, 1.82) is 0 Å². The predicted molar refractivity (Wildman–Crippen MR) is 185 cm³/mol. The quantitative estimate of drug-likeness (QED) is 0.363. The number of halogens is 1. The Morgan fingerprint density at radius 2 is 1.88 bits per heavy atom. The fraction of sp³-hybridized carbons (Fsp3) is 0.686. The third-order valence-electron chi connectivity index (χ3n) is 11.3. The summed E-state index contributed by atoms with van der Waals surface area (Å²) in [6.45, 7) is 13.9. The van der Waals surface area contributed by atoms with Gasteiger partial charge >= 0.3 is 0 Å². The molecule has 14 heteroatoms. The van der Waals surface area contributed by atoms with Crippen LogP contribution in [0.1, 0.15) is 76.6 Å². The Labute approximate surface area is 289 Å². The SMILES string of the molecule is CC(C)N(C(=O)c1cc(F)ccc1Oc1cncnc1N1CC[C@@H](CN2CC3(CCC(NS(=O)(=O)N4C[C@@H]5C[C@H]4CN5)CC3)C2)C1)C(C)C. The number of piperazine rings is 1. The van der Waals surface area contributed by atoms with E-state index >= 15 is 0 Å². The zero-order valence-electron chi connectivity index (χ0n) is 29.1. The molecule has 5 heterocycles. The van der Waals surface area contributed by atoms with E-state index in [-0.39, 0.29) is 41.4 Å². The second-order valence-corrected chi connectivity index (χ2v) is 17.2. The van der Waals surface area contributed by atoms with Crippen LogP contribution in [0.5, 0.6) is 11.5 Å². The van der Waals surface area contributed by atoms with Gasteiger partial charge in [0.2, 0.25) is 0 Å². The number of carbonyl (C=O) groups is 1. The highest BCUT2D eigenvalue weighted by atomic mass is 32.2. The molecular formula is C35H51FN8O4S. The summed E-state index contributed by atoms with van der Waals surface area (Å²) in [4.78, 5) is 28.8. The molecule has 3 atom stereocenters. The maximum Gasteiger partial charge on any atom is 0.280 e. The molecule has 0 radical (unpaired) electrons. The van der Waals surface area contributed by atoms with Crippen LogP contribution in [0.3, 0.4) is 0 Å². The topological polar surface area (TPSA) is 123 Å². The largest absolute Gasteiger partial charge is 0.451 e. The number of benzene rings is 1. The highest BCUT2D eigenvalue weighted by molar-refractivity contribution is 7.87. The molecule has 0 unspecified atom stereocenters. The van der Waals surface area contributed by atoms with Gasteiger partial charge in [0.05, 0.1) is 11.8 Å². The van der Waals surface area contributed by atoms with Crippen molar-refractivity contribution in [2.45, 2.75) is 96.4 Å². The number of nitrogens with zero attached hydrogens (tertiary/aromatic N) is 6. The molecule has 4 aliphatic heterocycles. The van der Waals surface area contributed by atoms with Crippen molar-refractivity contribution in [2.24, 2.45) is 11.3 Å². The van der Waals surface area contributed by atoms with E-state index in [2.05, 4.69) is 29.8 Å². The normalized spacial score (nSPS) is 25.9. The minimum atomic E-state index is -3.43. The Morgan fingerprint density at radius 3 is 2.55 bits per heavy atom. The van der Waals surface area contributed by atoms with Crippen molar-refractivity contribution >= 4 is 21.9 Å². The summed E-state index contributed by atoms with van der Waals surface area (Å²) in [5.74, 6) is 1.08. The molecule has 1 aliphatic carbocycles. The van der Waals surface area contributed by atoms with E-state index < -0.39 is 16.0 Å². The summed E-state index contributed by atoms with van der Waals surface area (Å²) < 4.78 is 51.6. The molecule has 4 saturated heterocycles. The summed E-state index contributed by atoms with van der Waals surface area (Å²) in [6, 6.07) is 4.34. The van der Waals surface area contributed by atoms with Crippen molar-refractivity contribution in [2.75, 3.05) is 50.7 Å². The number of fused-ring (bicyclic) bond motifs is 2. The fourth-order valence-electron chi connectivity index (χ4n) is 9.03. The second-order valence-electron chi connectivity index (χ2n) is 15.6. The lowest BCUT2D eigenvalue weighted by atomic mass is 9.67. The van der Waals surface area contributed by atoms with Gasteiger partial charge in [-0.05, 0) is 95.8 Å². The van der Waals surface area contributed by atoms with Crippen molar-refractivity contribution in [3.63, 3.8) is 0 Å². The predicted octanol–water partition coefficient (Wildman–Crippen LogP) is 3.62. The van der Waals surface area contributed by atoms with Crippen LogP contribution in [0.2, 0.25) is 0 Å². The molecule has 2 aromatic rings. The molecule has 5 aliphatic rings. The molecule has 268 valence electrons. The first kappa shape index (κ1) is 34.5. The highest BCUT2D eigenvalue weighted by Crippen LogP contribution is 2.45. The van der Waals surface area contributed by atoms with Gasteiger partial charge in [0.15, 0.2) is 11.6 Å². The summed E-state index contributed by atoms with van der Waals surface area (Å²) in [7, 11) is -3.43. The van der Waals surface area contributed by atoms with E-state index in [1.807, 2.05) is 27.7 Å². The first-order chi connectivity index (χ1) is 23.4. The zero-order valence-corrected chi connectivity index (χ0v) is 30.0. The van der Waals surface area contributed by atoms with Crippen LogP contribution >= 0.6 is 0 Å². The number of carbonyl (C=O) groups excluding carboxylic acids is 1. The van der Waals surface area contributed by atoms with Gasteiger partial charge in [0, 0.05) is 76.0 Å². The molecule has 7 rings (SSSR count). The lowest BCUT2D eigenvalue weighted by molar-refractivity contribution is -0.0387. The van der Waals surface area contributed by atoms with Crippen LogP contribution in [0.4, 0.5) is 10.2 Å². The molecule has 12 nitrogen and oxygen atoms in total. The van der Waals surface area contributed by atoms with Gasteiger partial charge < -0.3 is 24.8 Å². The number of rotatable bonds is 11. The number of ether oxygens (including phenoxy) is 1. The van der Waals surface area contributed by atoms with Crippen LogP contribution in [0, 0.1) is 17.2 Å². The molecule has 5 fully saturated rings.